The fourth-order valence-corrected chi connectivity index (χ4v) is 2.31. The van der Waals surface area contributed by atoms with Crippen molar-refractivity contribution >= 4 is 5.97 Å². The second-order valence-corrected chi connectivity index (χ2v) is 5.13. The predicted octanol–water partition coefficient (Wildman–Crippen LogP) is 2.91. The van der Waals surface area contributed by atoms with E-state index in [1.54, 1.807) is 12.1 Å². The van der Waals surface area contributed by atoms with Gasteiger partial charge in [-0.1, -0.05) is 6.92 Å². The SMILES string of the molecule is CCCC(=O)Oc1ccc(OCCC2CCCN2)cc1. The minimum atomic E-state index is -0.187. The first-order valence-corrected chi connectivity index (χ1v) is 7.45. The van der Waals surface area contributed by atoms with Crippen LogP contribution in [-0.4, -0.2) is 25.2 Å². The quantitative estimate of drug-likeness (QED) is 0.615. The first-order valence-electron chi connectivity index (χ1n) is 7.45. The molecule has 110 valence electrons. The van der Waals surface area contributed by atoms with Gasteiger partial charge in [-0.3, -0.25) is 4.79 Å². The lowest BCUT2D eigenvalue weighted by molar-refractivity contribution is -0.134. The van der Waals surface area contributed by atoms with Crippen molar-refractivity contribution in [3.63, 3.8) is 0 Å². The molecule has 0 aromatic heterocycles. The average molecular weight is 277 g/mol. The molecule has 0 spiro atoms. The van der Waals surface area contributed by atoms with E-state index in [-0.39, 0.29) is 5.97 Å². The van der Waals surface area contributed by atoms with Gasteiger partial charge >= 0.3 is 5.97 Å². The van der Waals surface area contributed by atoms with E-state index in [1.165, 1.54) is 12.8 Å². The number of ether oxygens (including phenoxy) is 2. The molecular formula is C16H23NO3. The molecule has 1 fully saturated rings. The van der Waals surface area contributed by atoms with Gasteiger partial charge in [0, 0.05) is 12.5 Å². The van der Waals surface area contributed by atoms with Crippen molar-refractivity contribution in [3.8, 4) is 11.5 Å². The Kier molecular flexibility index (Phi) is 5.87. The molecule has 0 radical (unpaired) electrons. The minimum Gasteiger partial charge on any atom is -0.494 e. The Morgan fingerprint density at radius 1 is 1.30 bits per heavy atom. The van der Waals surface area contributed by atoms with Crippen molar-refractivity contribution in [3.05, 3.63) is 24.3 Å². The van der Waals surface area contributed by atoms with Crippen molar-refractivity contribution in [1.29, 1.82) is 0 Å². The summed E-state index contributed by atoms with van der Waals surface area (Å²) in [6, 6.07) is 7.84. The molecule has 1 aromatic carbocycles. The lowest BCUT2D eigenvalue weighted by Crippen LogP contribution is -2.23. The molecule has 1 aromatic rings. The van der Waals surface area contributed by atoms with Gasteiger partial charge in [0.25, 0.3) is 0 Å². The van der Waals surface area contributed by atoms with Crippen LogP contribution in [0.25, 0.3) is 0 Å². The standard InChI is InChI=1S/C16H23NO3/c1-2-4-16(18)20-15-8-6-14(7-9-15)19-12-10-13-5-3-11-17-13/h6-9,13,17H,2-5,10-12H2,1H3. The summed E-state index contributed by atoms with van der Waals surface area (Å²) in [6.45, 7) is 3.80. The van der Waals surface area contributed by atoms with Gasteiger partial charge in [0.05, 0.1) is 6.61 Å². The summed E-state index contributed by atoms with van der Waals surface area (Å²) < 4.78 is 10.9. The highest BCUT2D eigenvalue weighted by atomic mass is 16.5. The van der Waals surface area contributed by atoms with Gasteiger partial charge in [0.15, 0.2) is 0 Å². The third-order valence-electron chi connectivity index (χ3n) is 3.41. The smallest absolute Gasteiger partial charge is 0.311 e. The normalized spacial score (nSPS) is 17.9. The van der Waals surface area contributed by atoms with Crippen LogP contribution in [0.15, 0.2) is 24.3 Å². The Labute approximate surface area is 120 Å². The monoisotopic (exact) mass is 277 g/mol. The van der Waals surface area contributed by atoms with E-state index >= 15 is 0 Å². The summed E-state index contributed by atoms with van der Waals surface area (Å²) in [5, 5.41) is 3.45. The number of hydrogen-bond acceptors (Lipinski definition) is 4. The summed E-state index contributed by atoms with van der Waals surface area (Å²) in [4.78, 5) is 11.4. The van der Waals surface area contributed by atoms with Crippen LogP contribution in [-0.2, 0) is 4.79 Å². The minimum absolute atomic E-state index is 0.187. The third-order valence-corrected chi connectivity index (χ3v) is 3.41. The third kappa shape index (κ3) is 4.85. The lowest BCUT2D eigenvalue weighted by Gasteiger charge is -2.11. The van der Waals surface area contributed by atoms with E-state index in [2.05, 4.69) is 5.32 Å². The topological polar surface area (TPSA) is 47.6 Å². The second-order valence-electron chi connectivity index (χ2n) is 5.13. The summed E-state index contributed by atoms with van der Waals surface area (Å²) in [7, 11) is 0. The van der Waals surface area contributed by atoms with Crippen LogP contribution in [0.4, 0.5) is 0 Å². The van der Waals surface area contributed by atoms with E-state index in [1.807, 2.05) is 19.1 Å². The zero-order valence-electron chi connectivity index (χ0n) is 12.1. The van der Waals surface area contributed by atoms with Crippen molar-refractivity contribution in [2.75, 3.05) is 13.2 Å². The van der Waals surface area contributed by atoms with Crippen LogP contribution >= 0.6 is 0 Å². The molecule has 1 saturated heterocycles. The van der Waals surface area contributed by atoms with Gasteiger partial charge in [-0.2, -0.15) is 0 Å². The van der Waals surface area contributed by atoms with Gasteiger partial charge in [-0.05, 0) is 56.5 Å². The number of carbonyl (C=O) groups is 1. The van der Waals surface area contributed by atoms with Crippen LogP contribution in [0.2, 0.25) is 0 Å². The molecule has 1 N–H and O–H groups in total. The van der Waals surface area contributed by atoms with Crippen molar-refractivity contribution in [2.45, 2.75) is 45.1 Å². The largest absolute Gasteiger partial charge is 0.494 e. The van der Waals surface area contributed by atoms with Crippen LogP contribution in [0.5, 0.6) is 11.5 Å². The van der Waals surface area contributed by atoms with Crippen LogP contribution in [0.1, 0.15) is 39.0 Å². The molecule has 1 heterocycles. The highest BCUT2D eigenvalue weighted by molar-refractivity contribution is 5.72. The molecule has 1 unspecified atom stereocenters. The van der Waals surface area contributed by atoms with Crippen molar-refractivity contribution < 1.29 is 14.3 Å². The summed E-state index contributed by atoms with van der Waals surface area (Å²) in [6.07, 6.45) is 4.80. The van der Waals surface area contributed by atoms with E-state index in [0.717, 1.165) is 25.1 Å². The molecule has 4 nitrogen and oxygen atoms in total. The van der Waals surface area contributed by atoms with E-state index < -0.39 is 0 Å². The van der Waals surface area contributed by atoms with E-state index in [4.69, 9.17) is 9.47 Å². The maximum atomic E-state index is 11.4. The lowest BCUT2D eigenvalue weighted by atomic mass is 10.2. The molecule has 1 atom stereocenters. The molecule has 20 heavy (non-hydrogen) atoms. The van der Waals surface area contributed by atoms with E-state index in [9.17, 15) is 4.79 Å². The Morgan fingerprint density at radius 3 is 2.70 bits per heavy atom. The van der Waals surface area contributed by atoms with Crippen molar-refractivity contribution in [2.24, 2.45) is 0 Å². The Hall–Kier alpha value is -1.55. The van der Waals surface area contributed by atoms with Gasteiger partial charge < -0.3 is 14.8 Å². The molecule has 0 bridgehead atoms. The first kappa shape index (κ1) is 14.9. The van der Waals surface area contributed by atoms with E-state index in [0.29, 0.717) is 24.8 Å². The summed E-state index contributed by atoms with van der Waals surface area (Å²) >= 11 is 0. The molecular weight excluding hydrogens is 254 g/mol. The summed E-state index contributed by atoms with van der Waals surface area (Å²) in [5.74, 6) is 1.21. The molecule has 2 rings (SSSR count). The molecule has 1 aliphatic heterocycles. The Balaban J connectivity index is 1.71. The highest BCUT2D eigenvalue weighted by Crippen LogP contribution is 2.19. The number of rotatable bonds is 7. The summed E-state index contributed by atoms with van der Waals surface area (Å²) in [5.41, 5.74) is 0. The number of nitrogens with one attached hydrogen (secondary N) is 1. The first-order chi connectivity index (χ1) is 9.78. The van der Waals surface area contributed by atoms with Crippen LogP contribution in [0.3, 0.4) is 0 Å². The number of esters is 1. The van der Waals surface area contributed by atoms with Crippen molar-refractivity contribution in [1.82, 2.24) is 5.32 Å². The predicted molar refractivity (Wildman–Crippen MR) is 78.1 cm³/mol. The number of carbonyl (C=O) groups excluding carboxylic acids is 1. The van der Waals surface area contributed by atoms with Gasteiger partial charge in [0.2, 0.25) is 0 Å². The molecule has 0 aliphatic carbocycles. The molecule has 0 amide bonds. The van der Waals surface area contributed by atoms with Crippen LogP contribution in [0, 0.1) is 0 Å². The maximum absolute atomic E-state index is 11.4. The van der Waals surface area contributed by atoms with Gasteiger partial charge in [0.1, 0.15) is 11.5 Å². The highest BCUT2D eigenvalue weighted by Gasteiger charge is 2.13. The second kappa shape index (κ2) is 7.90. The van der Waals surface area contributed by atoms with Gasteiger partial charge in [-0.25, -0.2) is 0 Å². The zero-order valence-corrected chi connectivity index (χ0v) is 12.1. The molecule has 0 saturated carbocycles. The molecule has 4 heteroatoms. The van der Waals surface area contributed by atoms with Crippen LogP contribution < -0.4 is 14.8 Å². The van der Waals surface area contributed by atoms with Gasteiger partial charge in [-0.15, -0.1) is 0 Å². The Morgan fingerprint density at radius 2 is 2.05 bits per heavy atom. The number of hydrogen-bond donors (Lipinski definition) is 1. The maximum Gasteiger partial charge on any atom is 0.311 e. The number of benzene rings is 1. The fourth-order valence-electron chi connectivity index (χ4n) is 2.31. The molecule has 1 aliphatic rings. The average Bonchev–Trinajstić information content (AvgIpc) is 2.94. The zero-order chi connectivity index (χ0) is 14.2. The Bertz CT molecular complexity index is 410. The fraction of sp³-hybridized carbons (Fsp3) is 0.562.